The number of hydrogen-bond donors (Lipinski definition) is 2. The largest absolute Gasteiger partial charge is 0.356 e. The number of benzene rings is 2. The van der Waals surface area contributed by atoms with Gasteiger partial charge >= 0.3 is 0 Å². The highest BCUT2D eigenvalue weighted by Gasteiger charge is 2.30. The molecule has 3 fully saturated rings. The fourth-order valence-corrected chi connectivity index (χ4v) is 6.16. The Hall–Kier alpha value is -3.26. The van der Waals surface area contributed by atoms with Crippen molar-refractivity contribution in [3.05, 3.63) is 65.0 Å². The van der Waals surface area contributed by atoms with Crippen LogP contribution in [0.5, 0.6) is 0 Å². The Balaban J connectivity index is 1.29. The minimum atomic E-state index is -0.406. The van der Waals surface area contributed by atoms with Crippen LogP contribution in [0.1, 0.15) is 79.8 Å². The van der Waals surface area contributed by atoms with E-state index in [1.54, 1.807) is 0 Å². The van der Waals surface area contributed by atoms with Crippen molar-refractivity contribution in [3.63, 3.8) is 0 Å². The molecular weight excluding hydrogens is 493 g/mol. The Morgan fingerprint density at radius 3 is 2.41 bits per heavy atom. The summed E-state index contributed by atoms with van der Waals surface area (Å²) in [5.41, 5.74) is 4.09. The van der Waals surface area contributed by atoms with E-state index in [2.05, 4.69) is 43.0 Å². The lowest BCUT2D eigenvalue weighted by atomic mass is 9.85. The highest BCUT2D eigenvalue weighted by molar-refractivity contribution is 5.95. The summed E-state index contributed by atoms with van der Waals surface area (Å²) >= 11 is 0. The van der Waals surface area contributed by atoms with Crippen LogP contribution in [0, 0.1) is 17.7 Å². The highest BCUT2D eigenvalue weighted by atomic mass is 19.1. The molecule has 2 heterocycles. The minimum absolute atomic E-state index is 0.0432. The molecule has 6 rings (SSSR count). The number of nitrogens with one attached hydrogen (secondary N) is 2. The standard InChI is InChI=1S/C31H38FN5O2/c32-25-11-7-24(8-12-25)30(39)35-31-34-27-15-6-22(20-36-16-2-1-3-17-36)18-28(27)37(31)26-13-9-23(10-14-26)29(38)33-19-21-4-5-21/h6-8,11-12,15,18,21,23,26H,1-5,9-10,13-14,16-17,19-20H2,(H,33,38)(H,34,35,39)/t23-,26+. The van der Waals surface area contributed by atoms with Gasteiger partial charge in [-0.15, -0.1) is 0 Å². The first-order valence-corrected chi connectivity index (χ1v) is 14.6. The maximum absolute atomic E-state index is 13.4. The summed E-state index contributed by atoms with van der Waals surface area (Å²) in [6.07, 6.45) is 9.60. The number of amides is 2. The average molecular weight is 532 g/mol. The van der Waals surface area contributed by atoms with Gasteiger partial charge < -0.3 is 14.9 Å². The third-order valence-electron chi connectivity index (χ3n) is 8.64. The van der Waals surface area contributed by atoms with E-state index in [9.17, 15) is 14.0 Å². The normalized spacial score (nSPS) is 22.7. The molecule has 2 aliphatic carbocycles. The number of aromatic nitrogens is 2. The molecule has 2 amide bonds. The van der Waals surface area contributed by atoms with Crippen LogP contribution in [0.3, 0.4) is 0 Å². The van der Waals surface area contributed by atoms with E-state index in [1.807, 2.05) is 0 Å². The molecule has 206 valence electrons. The zero-order chi connectivity index (χ0) is 26.8. The minimum Gasteiger partial charge on any atom is -0.356 e. The maximum Gasteiger partial charge on any atom is 0.280 e. The van der Waals surface area contributed by atoms with Crippen LogP contribution < -0.4 is 10.9 Å². The van der Waals surface area contributed by atoms with Gasteiger partial charge in [0.2, 0.25) is 11.5 Å². The van der Waals surface area contributed by atoms with E-state index in [1.165, 1.54) is 61.9 Å². The molecule has 0 atom stereocenters. The van der Waals surface area contributed by atoms with Crippen molar-refractivity contribution >= 4 is 22.8 Å². The SMILES string of the molecule is O=C(/N=c1\[nH]c2ccc(CN3CCCCC3)cc2n1[C@H]1CC[C@@H](C(=O)NCC2CC2)CC1)c1ccc(F)cc1. The highest BCUT2D eigenvalue weighted by Crippen LogP contribution is 2.34. The summed E-state index contributed by atoms with van der Waals surface area (Å²) in [5.74, 6) is 0.114. The van der Waals surface area contributed by atoms with Crippen LogP contribution >= 0.6 is 0 Å². The van der Waals surface area contributed by atoms with Crippen molar-refractivity contribution in [2.75, 3.05) is 19.6 Å². The number of fused-ring (bicyclic) bond motifs is 1. The number of rotatable bonds is 7. The maximum atomic E-state index is 13.4. The number of piperidine rings is 1. The number of likely N-dealkylation sites (tertiary alicyclic amines) is 1. The van der Waals surface area contributed by atoms with Gasteiger partial charge in [-0.25, -0.2) is 4.39 Å². The first-order chi connectivity index (χ1) is 19.0. The molecule has 0 radical (unpaired) electrons. The number of aromatic amines is 1. The van der Waals surface area contributed by atoms with Crippen molar-refractivity contribution in [1.29, 1.82) is 0 Å². The lowest BCUT2D eigenvalue weighted by Gasteiger charge is -2.29. The van der Waals surface area contributed by atoms with Gasteiger partial charge in [0, 0.05) is 30.6 Å². The number of H-pyrrole nitrogens is 1. The van der Waals surface area contributed by atoms with Crippen LogP contribution in [0.2, 0.25) is 0 Å². The topological polar surface area (TPSA) is 82.5 Å². The van der Waals surface area contributed by atoms with Crippen LogP contribution in [-0.4, -0.2) is 45.9 Å². The Morgan fingerprint density at radius 1 is 0.949 bits per heavy atom. The third kappa shape index (κ3) is 6.16. The summed E-state index contributed by atoms with van der Waals surface area (Å²) < 4.78 is 15.6. The number of carbonyl (C=O) groups is 2. The lowest BCUT2D eigenvalue weighted by molar-refractivity contribution is -0.126. The predicted octanol–water partition coefficient (Wildman–Crippen LogP) is 5.09. The fourth-order valence-electron chi connectivity index (χ4n) is 6.16. The van der Waals surface area contributed by atoms with Crippen LogP contribution in [0.4, 0.5) is 4.39 Å². The smallest absolute Gasteiger partial charge is 0.280 e. The van der Waals surface area contributed by atoms with Crippen molar-refractivity contribution in [2.45, 2.75) is 70.4 Å². The number of halogens is 1. The van der Waals surface area contributed by atoms with E-state index in [0.29, 0.717) is 17.1 Å². The quantitative estimate of drug-likeness (QED) is 0.445. The van der Waals surface area contributed by atoms with Gasteiger partial charge in [-0.05, 0) is 112 Å². The molecule has 2 N–H and O–H groups in total. The molecule has 0 bridgehead atoms. The second-order valence-corrected chi connectivity index (χ2v) is 11.6. The molecule has 7 nitrogen and oxygen atoms in total. The molecule has 2 saturated carbocycles. The van der Waals surface area contributed by atoms with Gasteiger partial charge in [0.15, 0.2) is 0 Å². The monoisotopic (exact) mass is 531 g/mol. The molecule has 2 aromatic carbocycles. The second kappa shape index (κ2) is 11.5. The molecule has 1 saturated heterocycles. The Labute approximate surface area is 228 Å². The number of carbonyl (C=O) groups excluding carboxylic acids is 2. The van der Waals surface area contributed by atoms with Gasteiger partial charge in [-0.2, -0.15) is 4.99 Å². The molecule has 1 aliphatic heterocycles. The molecule has 3 aromatic rings. The average Bonchev–Trinajstić information content (AvgIpc) is 3.72. The van der Waals surface area contributed by atoms with E-state index in [4.69, 9.17) is 0 Å². The van der Waals surface area contributed by atoms with Crippen molar-refractivity contribution in [1.82, 2.24) is 19.8 Å². The van der Waals surface area contributed by atoms with Gasteiger partial charge in [-0.1, -0.05) is 12.5 Å². The Bertz CT molecular complexity index is 1390. The molecule has 8 heteroatoms. The van der Waals surface area contributed by atoms with Crippen molar-refractivity contribution in [3.8, 4) is 0 Å². The number of nitrogens with zero attached hydrogens (tertiary/aromatic N) is 3. The second-order valence-electron chi connectivity index (χ2n) is 11.6. The van der Waals surface area contributed by atoms with Gasteiger partial charge in [0.1, 0.15) is 5.82 Å². The van der Waals surface area contributed by atoms with Gasteiger partial charge in [0.05, 0.1) is 11.0 Å². The number of hydrogen-bond acceptors (Lipinski definition) is 3. The summed E-state index contributed by atoms with van der Waals surface area (Å²) in [6, 6.07) is 12.1. The molecule has 39 heavy (non-hydrogen) atoms. The first kappa shape index (κ1) is 26.0. The zero-order valence-corrected chi connectivity index (χ0v) is 22.5. The first-order valence-electron chi connectivity index (χ1n) is 14.6. The zero-order valence-electron chi connectivity index (χ0n) is 22.5. The van der Waals surface area contributed by atoms with E-state index in [0.717, 1.165) is 62.9 Å². The summed E-state index contributed by atoms with van der Waals surface area (Å²) in [5, 5.41) is 3.15. The van der Waals surface area contributed by atoms with Crippen LogP contribution in [0.25, 0.3) is 11.0 Å². The van der Waals surface area contributed by atoms with E-state index in [-0.39, 0.29) is 23.7 Å². The predicted molar refractivity (Wildman–Crippen MR) is 148 cm³/mol. The Kier molecular flexibility index (Phi) is 7.64. The molecule has 0 unspecified atom stereocenters. The summed E-state index contributed by atoms with van der Waals surface area (Å²) in [7, 11) is 0. The summed E-state index contributed by atoms with van der Waals surface area (Å²) in [4.78, 5) is 36.2. The van der Waals surface area contributed by atoms with Gasteiger partial charge in [0.25, 0.3) is 5.91 Å². The van der Waals surface area contributed by atoms with E-state index >= 15 is 0 Å². The Morgan fingerprint density at radius 2 is 1.69 bits per heavy atom. The molecule has 1 aromatic heterocycles. The lowest BCUT2D eigenvalue weighted by Crippen LogP contribution is -2.36. The third-order valence-corrected chi connectivity index (χ3v) is 8.64. The van der Waals surface area contributed by atoms with Crippen molar-refractivity contribution < 1.29 is 14.0 Å². The fraction of sp³-hybridized carbons (Fsp3) is 0.516. The molecular formula is C31H38FN5O2. The van der Waals surface area contributed by atoms with Crippen LogP contribution in [-0.2, 0) is 11.3 Å². The number of imidazole rings is 1. The van der Waals surface area contributed by atoms with E-state index < -0.39 is 5.91 Å². The molecule has 3 aliphatic rings. The summed E-state index contributed by atoms with van der Waals surface area (Å²) in [6.45, 7) is 3.98. The van der Waals surface area contributed by atoms with Crippen molar-refractivity contribution in [2.24, 2.45) is 16.8 Å². The van der Waals surface area contributed by atoms with Gasteiger partial charge in [-0.3, -0.25) is 14.5 Å². The van der Waals surface area contributed by atoms with Crippen LogP contribution in [0.15, 0.2) is 47.5 Å². The molecule has 0 spiro atoms.